The summed E-state index contributed by atoms with van der Waals surface area (Å²) >= 11 is 8.26. The topological polar surface area (TPSA) is 0 Å². The lowest BCUT2D eigenvalue weighted by Crippen LogP contribution is -2.20. The number of hydrogen-bond acceptors (Lipinski definition) is 3. The third-order valence-electron chi connectivity index (χ3n) is 1.75. The fraction of sp³-hybridized carbons (Fsp3) is 0.333. The average Bonchev–Trinajstić information content (AvgIpc) is 2.00. The number of hydrogen-bond donors (Lipinski definition) is 1. The van der Waals surface area contributed by atoms with E-state index in [9.17, 15) is 0 Å². The van der Waals surface area contributed by atoms with Gasteiger partial charge in [0.05, 0.1) is 0 Å². The Morgan fingerprint density at radius 2 is 1.92 bits per heavy atom. The summed E-state index contributed by atoms with van der Waals surface area (Å²) in [6.45, 7) is 0. The molecule has 1 aliphatic rings. The van der Waals surface area contributed by atoms with E-state index in [1.165, 1.54) is 16.4 Å². The van der Waals surface area contributed by atoms with Gasteiger partial charge in [0.1, 0.15) is 0 Å². The molecule has 64 valence electrons. The number of thioether (sulfide) groups is 2. The highest BCUT2D eigenvalue weighted by Gasteiger charge is 2.18. The Labute approximate surface area is 86.9 Å². The molecule has 0 N–H and O–H groups in total. The largest absolute Gasteiger partial charge is 0.160 e. The van der Waals surface area contributed by atoms with Gasteiger partial charge in [0.2, 0.25) is 0 Å². The van der Waals surface area contributed by atoms with Gasteiger partial charge in [-0.15, -0.1) is 24.4 Å². The van der Waals surface area contributed by atoms with Crippen molar-refractivity contribution in [2.24, 2.45) is 0 Å². The van der Waals surface area contributed by atoms with Crippen LogP contribution < -0.4 is 0 Å². The Kier molecular flexibility index (Phi) is 2.94. The molecule has 0 nitrogen and oxygen atoms in total. The summed E-state index contributed by atoms with van der Waals surface area (Å²) in [5.74, 6) is 2.63. The summed E-state index contributed by atoms with van der Waals surface area (Å²) in [5, 5.41) is 0.848. The van der Waals surface area contributed by atoms with Crippen LogP contribution in [0.1, 0.15) is 0 Å². The maximum Gasteiger partial charge on any atom is 0.0276 e. The van der Waals surface area contributed by atoms with Gasteiger partial charge in [-0.1, -0.05) is 0 Å². The van der Waals surface area contributed by atoms with Crippen LogP contribution in [0.25, 0.3) is 0 Å². The van der Waals surface area contributed by atoms with Gasteiger partial charge < -0.3 is 0 Å². The number of rotatable bonds is 2. The summed E-state index contributed by atoms with van der Waals surface area (Å²) in [4.78, 5) is 2.42. The molecule has 0 amide bonds. The third-order valence-corrected chi connectivity index (χ3v) is 4.95. The Morgan fingerprint density at radius 3 is 2.42 bits per heavy atom. The van der Waals surface area contributed by atoms with Crippen LogP contribution in [0, 0.1) is 0 Å². The van der Waals surface area contributed by atoms with E-state index in [0.717, 1.165) is 10.1 Å². The molecule has 1 fully saturated rings. The molecule has 3 heteroatoms. The standard InChI is InChI=1S/C9H10S3/c10-7-1-3-8(4-2-7)12-9-5-11-6-9/h1-4,9-10H,5-6H2. The molecule has 0 bridgehead atoms. The zero-order valence-electron chi connectivity index (χ0n) is 6.56. The molecule has 0 aliphatic carbocycles. The predicted octanol–water partition coefficient (Wildman–Crippen LogP) is 3.18. The van der Waals surface area contributed by atoms with E-state index in [1.807, 2.05) is 23.5 Å². The van der Waals surface area contributed by atoms with Crippen molar-refractivity contribution in [2.45, 2.75) is 15.0 Å². The van der Waals surface area contributed by atoms with Crippen molar-refractivity contribution >= 4 is 36.2 Å². The van der Waals surface area contributed by atoms with E-state index in [-0.39, 0.29) is 0 Å². The summed E-state index contributed by atoms with van der Waals surface area (Å²) in [6, 6.07) is 8.40. The maximum absolute atomic E-state index is 4.25. The molecule has 1 saturated heterocycles. The summed E-state index contributed by atoms with van der Waals surface area (Å²) in [5.41, 5.74) is 0. The van der Waals surface area contributed by atoms with Crippen LogP contribution in [0.15, 0.2) is 34.1 Å². The second-order valence-corrected chi connectivity index (χ2v) is 5.74. The normalized spacial score (nSPS) is 17.4. The van der Waals surface area contributed by atoms with Crippen molar-refractivity contribution in [2.75, 3.05) is 11.5 Å². The van der Waals surface area contributed by atoms with Gasteiger partial charge in [0.25, 0.3) is 0 Å². The van der Waals surface area contributed by atoms with E-state index in [0.29, 0.717) is 0 Å². The predicted molar refractivity (Wildman–Crippen MR) is 60.7 cm³/mol. The third kappa shape index (κ3) is 2.15. The Hall–Kier alpha value is 0.270. The Balaban J connectivity index is 1.98. The number of thiol groups is 1. The van der Waals surface area contributed by atoms with Crippen molar-refractivity contribution in [3.05, 3.63) is 24.3 Å². The lowest BCUT2D eigenvalue weighted by atomic mass is 10.4. The van der Waals surface area contributed by atoms with E-state index < -0.39 is 0 Å². The molecular weight excluding hydrogens is 204 g/mol. The van der Waals surface area contributed by atoms with Crippen LogP contribution in [-0.4, -0.2) is 16.8 Å². The quantitative estimate of drug-likeness (QED) is 0.751. The van der Waals surface area contributed by atoms with Crippen LogP contribution in [0.5, 0.6) is 0 Å². The molecule has 12 heavy (non-hydrogen) atoms. The van der Waals surface area contributed by atoms with Gasteiger partial charge in [-0.05, 0) is 24.3 Å². The maximum atomic E-state index is 4.25. The zero-order chi connectivity index (χ0) is 8.39. The number of benzene rings is 1. The van der Waals surface area contributed by atoms with Gasteiger partial charge >= 0.3 is 0 Å². The van der Waals surface area contributed by atoms with Crippen molar-refractivity contribution in [1.29, 1.82) is 0 Å². The molecule has 1 aromatic rings. The van der Waals surface area contributed by atoms with Crippen LogP contribution in [0.3, 0.4) is 0 Å². The van der Waals surface area contributed by atoms with Crippen LogP contribution in [0.4, 0.5) is 0 Å². The van der Waals surface area contributed by atoms with Gasteiger partial charge in [0.15, 0.2) is 0 Å². The highest BCUT2D eigenvalue weighted by atomic mass is 32.2. The molecule has 0 aromatic heterocycles. The van der Waals surface area contributed by atoms with E-state index in [4.69, 9.17) is 0 Å². The van der Waals surface area contributed by atoms with Crippen LogP contribution in [0.2, 0.25) is 0 Å². The highest BCUT2D eigenvalue weighted by Crippen LogP contribution is 2.34. The second-order valence-electron chi connectivity index (χ2n) is 2.77. The molecule has 0 atom stereocenters. The van der Waals surface area contributed by atoms with Gasteiger partial charge in [-0.25, -0.2) is 0 Å². The minimum absolute atomic E-state index is 0.848. The van der Waals surface area contributed by atoms with E-state index in [1.54, 1.807) is 0 Å². The first-order valence-electron chi connectivity index (χ1n) is 3.88. The fourth-order valence-corrected chi connectivity index (χ4v) is 3.38. The monoisotopic (exact) mass is 214 g/mol. The van der Waals surface area contributed by atoms with Crippen molar-refractivity contribution in [3.8, 4) is 0 Å². The lowest BCUT2D eigenvalue weighted by Gasteiger charge is -2.23. The van der Waals surface area contributed by atoms with Gasteiger partial charge in [0, 0.05) is 26.5 Å². The molecule has 0 radical (unpaired) electrons. The summed E-state index contributed by atoms with van der Waals surface area (Å²) in [7, 11) is 0. The Bertz CT molecular complexity index is 251. The SMILES string of the molecule is Sc1ccc(SC2CSC2)cc1. The van der Waals surface area contributed by atoms with Gasteiger partial charge in [-0.2, -0.15) is 11.8 Å². The second kappa shape index (κ2) is 3.99. The fourth-order valence-electron chi connectivity index (χ4n) is 0.999. The molecule has 0 unspecified atom stereocenters. The smallest absolute Gasteiger partial charge is 0.0276 e. The Morgan fingerprint density at radius 1 is 1.25 bits per heavy atom. The van der Waals surface area contributed by atoms with E-state index in [2.05, 4.69) is 36.9 Å². The first-order valence-corrected chi connectivity index (χ1v) is 6.36. The lowest BCUT2D eigenvalue weighted by molar-refractivity contribution is 1.08. The molecule has 1 heterocycles. The zero-order valence-corrected chi connectivity index (χ0v) is 9.09. The summed E-state index contributed by atoms with van der Waals surface area (Å²) in [6.07, 6.45) is 0. The van der Waals surface area contributed by atoms with Crippen molar-refractivity contribution in [1.82, 2.24) is 0 Å². The van der Waals surface area contributed by atoms with E-state index >= 15 is 0 Å². The molecule has 0 spiro atoms. The van der Waals surface area contributed by atoms with Gasteiger partial charge in [-0.3, -0.25) is 0 Å². The highest BCUT2D eigenvalue weighted by molar-refractivity contribution is 8.07. The minimum atomic E-state index is 0.848. The van der Waals surface area contributed by atoms with Crippen LogP contribution >= 0.6 is 36.2 Å². The molecule has 1 aliphatic heterocycles. The summed E-state index contributed by atoms with van der Waals surface area (Å²) < 4.78 is 0. The average molecular weight is 214 g/mol. The minimum Gasteiger partial charge on any atom is -0.160 e. The van der Waals surface area contributed by atoms with Crippen molar-refractivity contribution in [3.63, 3.8) is 0 Å². The van der Waals surface area contributed by atoms with Crippen molar-refractivity contribution < 1.29 is 0 Å². The van der Waals surface area contributed by atoms with Crippen LogP contribution in [-0.2, 0) is 0 Å². The molecular formula is C9H10S3. The first kappa shape index (κ1) is 8.85. The molecule has 0 saturated carbocycles. The molecule has 2 rings (SSSR count). The first-order chi connectivity index (χ1) is 5.84. The molecule has 1 aromatic carbocycles.